The summed E-state index contributed by atoms with van der Waals surface area (Å²) in [5, 5.41) is 4.98. The Hall–Kier alpha value is -1.52. The van der Waals surface area contributed by atoms with E-state index in [-0.39, 0.29) is 0 Å². The summed E-state index contributed by atoms with van der Waals surface area (Å²) in [4.78, 5) is 4.03. The molecule has 0 aliphatic carbocycles. The number of pyridine rings is 1. The highest BCUT2D eigenvalue weighted by Crippen LogP contribution is 2.36. The molecule has 3 rings (SSSR count). The van der Waals surface area contributed by atoms with Crippen LogP contribution in [0.4, 0.5) is 11.4 Å². The number of rotatable bonds is 2. The molecule has 0 unspecified atom stereocenters. The third-order valence-electron chi connectivity index (χ3n) is 2.56. The van der Waals surface area contributed by atoms with E-state index in [4.69, 9.17) is 16.0 Å². The maximum atomic E-state index is 5.86. The molecule has 0 aliphatic heterocycles. The number of aromatic nitrogens is 1. The zero-order chi connectivity index (χ0) is 12.5. The molecule has 1 N–H and O–H groups in total. The molecule has 0 saturated heterocycles. The van der Waals surface area contributed by atoms with Crippen molar-refractivity contribution in [1.82, 2.24) is 4.98 Å². The molecule has 0 amide bonds. The minimum Gasteiger partial charge on any atom is -0.445 e. The van der Waals surface area contributed by atoms with Gasteiger partial charge in [0.2, 0.25) is 0 Å². The third kappa shape index (κ3) is 2.09. The van der Waals surface area contributed by atoms with Gasteiger partial charge in [-0.25, -0.2) is 0 Å². The van der Waals surface area contributed by atoms with Gasteiger partial charge in [0.15, 0.2) is 10.3 Å². The molecule has 0 atom stereocenters. The summed E-state index contributed by atoms with van der Waals surface area (Å²) in [6.07, 6.45) is 3.42. The minimum atomic E-state index is 0.653. The fourth-order valence-corrected chi connectivity index (χ4v) is 2.33. The van der Waals surface area contributed by atoms with Gasteiger partial charge < -0.3 is 9.73 Å². The number of nitrogens with one attached hydrogen (secondary N) is 1. The summed E-state index contributed by atoms with van der Waals surface area (Å²) in [6.45, 7) is 0. The Kier molecular flexibility index (Phi) is 2.97. The van der Waals surface area contributed by atoms with Crippen LogP contribution in [0.25, 0.3) is 11.0 Å². The average Bonchev–Trinajstić information content (AvgIpc) is 2.69. The Morgan fingerprint density at radius 1 is 1.17 bits per heavy atom. The normalized spacial score (nSPS) is 10.8. The van der Waals surface area contributed by atoms with Gasteiger partial charge in [-0.1, -0.05) is 11.6 Å². The Bertz CT molecular complexity index is 694. The van der Waals surface area contributed by atoms with E-state index in [9.17, 15) is 0 Å². The van der Waals surface area contributed by atoms with Crippen molar-refractivity contribution < 1.29 is 4.42 Å². The zero-order valence-corrected chi connectivity index (χ0v) is 11.5. The van der Waals surface area contributed by atoms with Crippen molar-refractivity contribution in [1.29, 1.82) is 0 Å². The van der Waals surface area contributed by atoms with E-state index in [1.807, 2.05) is 30.3 Å². The quantitative estimate of drug-likeness (QED) is 0.722. The molecule has 3 aromatic rings. The molecule has 0 fully saturated rings. The van der Waals surface area contributed by atoms with Crippen molar-refractivity contribution in [3.8, 4) is 0 Å². The van der Waals surface area contributed by atoms with E-state index >= 15 is 0 Å². The maximum Gasteiger partial charge on any atom is 0.194 e. The second kappa shape index (κ2) is 4.63. The Balaban J connectivity index is 2.04. The van der Waals surface area contributed by atoms with Crippen LogP contribution in [0.3, 0.4) is 0 Å². The lowest BCUT2D eigenvalue weighted by atomic mass is 10.2. The van der Waals surface area contributed by atoms with Gasteiger partial charge in [-0.3, -0.25) is 4.98 Å². The Labute approximate surface area is 117 Å². The number of nitrogens with zero attached hydrogens (tertiary/aromatic N) is 1. The molecule has 18 heavy (non-hydrogen) atoms. The molecule has 1 aromatic carbocycles. The van der Waals surface area contributed by atoms with Crippen LogP contribution >= 0.6 is 27.5 Å². The highest BCUT2D eigenvalue weighted by molar-refractivity contribution is 9.10. The molecule has 0 spiro atoms. The van der Waals surface area contributed by atoms with Gasteiger partial charge in [-0.15, -0.1) is 0 Å². The van der Waals surface area contributed by atoms with E-state index in [1.54, 1.807) is 12.4 Å². The first-order chi connectivity index (χ1) is 8.74. The summed E-state index contributed by atoms with van der Waals surface area (Å²) < 4.78 is 6.21. The molecule has 0 bridgehead atoms. The number of furan rings is 1. The van der Waals surface area contributed by atoms with Crippen LogP contribution in [0.2, 0.25) is 5.02 Å². The number of fused-ring (bicyclic) bond motifs is 1. The largest absolute Gasteiger partial charge is 0.445 e. The molecule has 0 aliphatic rings. The summed E-state index contributed by atoms with van der Waals surface area (Å²) in [7, 11) is 0. The molecule has 2 aromatic heterocycles. The van der Waals surface area contributed by atoms with Crippen LogP contribution in [0, 0.1) is 0 Å². The van der Waals surface area contributed by atoms with Gasteiger partial charge in [-0.2, -0.15) is 0 Å². The summed E-state index contributed by atoms with van der Waals surface area (Å²) in [5.41, 5.74) is 2.56. The number of hydrogen-bond donors (Lipinski definition) is 1. The van der Waals surface area contributed by atoms with E-state index in [1.165, 1.54) is 0 Å². The van der Waals surface area contributed by atoms with Crippen molar-refractivity contribution >= 4 is 49.9 Å². The highest BCUT2D eigenvalue weighted by atomic mass is 79.9. The van der Waals surface area contributed by atoms with Gasteiger partial charge in [-0.05, 0) is 46.3 Å². The van der Waals surface area contributed by atoms with Gasteiger partial charge in [0, 0.05) is 22.3 Å². The van der Waals surface area contributed by atoms with Crippen molar-refractivity contribution in [2.45, 2.75) is 0 Å². The van der Waals surface area contributed by atoms with Crippen molar-refractivity contribution in [3.63, 3.8) is 0 Å². The van der Waals surface area contributed by atoms with Crippen LogP contribution in [0.1, 0.15) is 0 Å². The van der Waals surface area contributed by atoms with Crippen LogP contribution in [0.5, 0.6) is 0 Å². The summed E-state index contributed by atoms with van der Waals surface area (Å²) in [6, 6.07) is 9.40. The smallest absolute Gasteiger partial charge is 0.194 e. The standard InChI is InChI=1S/C13H8BrClN2O/c14-13-12(10-5-6-16-7-11(10)18-13)17-9-3-1-8(15)2-4-9/h1-7,17H. The van der Waals surface area contributed by atoms with E-state index in [0.29, 0.717) is 9.69 Å². The second-order valence-electron chi connectivity index (χ2n) is 3.75. The van der Waals surface area contributed by atoms with Crippen molar-refractivity contribution in [3.05, 3.63) is 52.4 Å². The van der Waals surface area contributed by atoms with E-state index in [2.05, 4.69) is 26.2 Å². The lowest BCUT2D eigenvalue weighted by Gasteiger charge is -2.04. The van der Waals surface area contributed by atoms with Gasteiger partial charge in [0.25, 0.3) is 0 Å². The van der Waals surface area contributed by atoms with Crippen LogP contribution in [-0.4, -0.2) is 4.98 Å². The molecule has 0 radical (unpaired) electrons. The van der Waals surface area contributed by atoms with E-state index < -0.39 is 0 Å². The Morgan fingerprint density at radius 3 is 2.72 bits per heavy atom. The predicted octanol–water partition coefficient (Wildman–Crippen LogP) is 4.99. The minimum absolute atomic E-state index is 0.653. The molecule has 3 nitrogen and oxygen atoms in total. The fourth-order valence-electron chi connectivity index (χ4n) is 1.72. The SMILES string of the molecule is Clc1ccc(Nc2c(Br)oc3cnccc23)cc1. The van der Waals surface area contributed by atoms with Crippen LogP contribution < -0.4 is 5.32 Å². The highest BCUT2D eigenvalue weighted by Gasteiger charge is 2.11. The molecular formula is C13H8BrClN2O. The first-order valence-corrected chi connectivity index (χ1v) is 6.46. The lowest BCUT2D eigenvalue weighted by Crippen LogP contribution is -1.89. The maximum absolute atomic E-state index is 5.86. The van der Waals surface area contributed by atoms with E-state index in [0.717, 1.165) is 22.3 Å². The number of benzene rings is 1. The first kappa shape index (κ1) is 11.6. The zero-order valence-electron chi connectivity index (χ0n) is 9.15. The second-order valence-corrected chi connectivity index (χ2v) is 4.91. The molecule has 5 heteroatoms. The molecule has 2 heterocycles. The average molecular weight is 324 g/mol. The topological polar surface area (TPSA) is 38.1 Å². The fraction of sp³-hybridized carbons (Fsp3) is 0. The predicted molar refractivity (Wildman–Crippen MR) is 76.4 cm³/mol. The first-order valence-electron chi connectivity index (χ1n) is 5.28. The molecule has 90 valence electrons. The lowest BCUT2D eigenvalue weighted by molar-refractivity contribution is 0.587. The van der Waals surface area contributed by atoms with Crippen molar-refractivity contribution in [2.24, 2.45) is 0 Å². The van der Waals surface area contributed by atoms with Crippen LogP contribution in [0.15, 0.2) is 51.8 Å². The summed E-state index contributed by atoms with van der Waals surface area (Å²) >= 11 is 9.25. The van der Waals surface area contributed by atoms with Gasteiger partial charge in [0.1, 0.15) is 5.69 Å². The Morgan fingerprint density at radius 2 is 1.94 bits per heavy atom. The van der Waals surface area contributed by atoms with Crippen molar-refractivity contribution in [2.75, 3.05) is 5.32 Å². The summed E-state index contributed by atoms with van der Waals surface area (Å²) in [5.74, 6) is 0. The number of anilines is 2. The van der Waals surface area contributed by atoms with Gasteiger partial charge in [0.05, 0.1) is 6.20 Å². The van der Waals surface area contributed by atoms with Gasteiger partial charge >= 0.3 is 0 Å². The number of hydrogen-bond acceptors (Lipinski definition) is 3. The molecular weight excluding hydrogens is 316 g/mol. The number of halogens is 2. The molecule has 0 saturated carbocycles. The third-order valence-corrected chi connectivity index (χ3v) is 3.37. The monoisotopic (exact) mass is 322 g/mol. The van der Waals surface area contributed by atoms with Crippen LogP contribution in [-0.2, 0) is 0 Å².